The molecular formula is C3BaCaMgO9. The summed E-state index contributed by atoms with van der Waals surface area (Å²) < 4.78 is 0. The maximum Gasteiger partial charge on any atom is 2.00 e. The summed E-state index contributed by atoms with van der Waals surface area (Å²) in [5.74, 6) is 0. The van der Waals surface area contributed by atoms with Crippen molar-refractivity contribution in [1.29, 1.82) is 0 Å². The van der Waals surface area contributed by atoms with E-state index in [4.69, 9.17) is 45.0 Å². The first-order chi connectivity index (χ1) is 5.20. The fraction of sp³-hybridized carbons (Fsp3) is 0. The molecule has 0 spiro atoms. The molecule has 15 heavy (non-hydrogen) atoms. The van der Waals surface area contributed by atoms with Gasteiger partial charge in [0.2, 0.25) is 0 Å². The maximum atomic E-state index is 8.33. The van der Waals surface area contributed by atoms with Gasteiger partial charge < -0.3 is 45.0 Å². The summed E-state index contributed by atoms with van der Waals surface area (Å²) in [4.78, 5) is 25.0. The van der Waals surface area contributed by atoms with Crippen molar-refractivity contribution in [2.75, 3.05) is 0 Å². The predicted molar refractivity (Wildman–Crippen MR) is 33.4 cm³/mol. The van der Waals surface area contributed by atoms with E-state index in [1.807, 2.05) is 0 Å². The summed E-state index contributed by atoms with van der Waals surface area (Å²) in [6.07, 6.45) is -7.00. The van der Waals surface area contributed by atoms with E-state index in [1.165, 1.54) is 0 Å². The zero-order chi connectivity index (χ0) is 10.7. The monoisotopic (exact) mass is 382 g/mol. The molecule has 0 aromatic carbocycles. The number of carbonyl (C=O) groups excluding carboxylic acids is 3. The van der Waals surface area contributed by atoms with E-state index in [0.29, 0.717) is 0 Å². The number of rotatable bonds is 0. The van der Waals surface area contributed by atoms with Crippen molar-refractivity contribution in [2.45, 2.75) is 0 Å². The molecule has 0 saturated carbocycles. The van der Waals surface area contributed by atoms with Crippen LogP contribution in [0.5, 0.6) is 0 Å². The van der Waals surface area contributed by atoms with Crippen molar-refractivity contribution in [2.24, 2.45) is 0 Å². The second kappa shape index (κ2) is 29.5. The van der Waals surface area contributed by atoms with Crippen LogP contribution < -0.4 is 30.6 Å². The van der Waals surface area contributed by atoms with Gasteiger partial charge >= 0.3 is 110 Å². The minimum absolute atomic E-state index is 0. The van der Waals surface area contributed by atoms with Crippen LogP contribution in [0.1, 0.15) is 0 Å². The van der Waals surface area contributed by atoms with E-state index < -0.39 is 18.5 Å². The van der Waals surface area contributed by atoms with Gasteiger partial charge in [0.05, 0.1) is 0 Å². The van der Waals surface area contributed by atoms with Crippen LogP contribution in [0.25, 0.3) is 0 Å². The predicted octanol–water partition coefficient (Wildman–Crippen LogP) is -8.48. The molecule has 0 bridgehead atoms. The Morgan fingerprint density at radius 2 is 0.600 bits per heavy atom. The van der Waals surface area contributed by atoms with Gasteiger partial charge in [0, 0.05) is 0 Å². The molecule has 0 heterocycles. The second-order valence-corrected chi connectivity index (χ2v) is 0.750. The molecule has 9 nitrogen and oxygen atoms in total. The van der Waals surface area contributed by atoms with Gasteiger partial charge in [-0.05, 0) is 18.5 Å². The molecule has 0 aliphatic carbocycles. The third-order valence-corrected chi connectivity index (χ3v) is 0. The van der Waals surface area contributed by atoms with Crippen LogP contribution in [0.4, 0.5) is 14.4 Å². The van der Waals surface area contributed by atoms with E-state index in [9.17, 15) is 0 Å². The maximum absolute atomic E-state index is 8.33. The van der Waals surface area contributed by atoms with Crippen LogP contribution in [-0.2, 0) is 0 Å². The molecule has 0 N–H and O–H groups in total. The van der Waals surface area contributed by atoms with Gasteiger partial charge in [-0.1, -0.05) is 0 Å². The summed E-state index contributed by atoms with van der Waals surface area (Å²) in [7, 11) is 0. The smallest absolute Gasteiger partial charge is 0.652 e. The Morgan fingerprint density at radius 3 is 0.600 bits per heavy atom. The number of hydrogen-bond donors (Lipinski definition) is 0. The molecule has 0 rings (SSSR count). The first kappa shape index (κ1) is 36.0. The molecule has 0 aliphatic heterocycles. The van der Waals surface area contributed by atoms with Crippen molar-refractivity contribution in [3.63, 3.8) is 0 Å². The topological polar surface area (TPSA) is 190 Å². The molecule has 0 aromatic heterocycles. The zero-order valence-corrected chi connectivity index (χ0v) is 15.4. The van der Waals surface area contributed by atoms with Crippen LogP contribution in [0, 0.1) is 0 Å². The van der Waals surface area contributed by atoms with Crippen molar-refractivity contribution < 1.29 is 45.0 Å². The Bertz CT molecular complexity index is 123. The summed E-state index contributed by atoms with van der Waals surface area (Å²) >= 11 is 0. The first-order valence-corrected chi connectivity index (χ1v) is 1.84. The zero-order valence-electron chi connectivity index (χ0n) is 7.30. The minimum atomic E-state index is -2.33. The van der Waals surface area contributed by atoms with Crippen molar-refractivity contribution in [3.05, 3.63) is 0 Å². The van der Waals surface area contributed by atoms with Gasteiger partial charge in [0.25, 0.3) is 0 Å². The molecule has 0 saturated heterocycles. The van der Waals surface area contributed by atoms with Gasteiger partial charge in [-0.3, -0.25) is 0 Å². The first-order valence-electron chi connectivity index (χ1n) is 1.84. The standard InChI is InChI=1S/3CH2O3.Ba.Ca.Mg/c3*2-1(3)4;;;/h3*(H2,2,3,4);;;/q;;;3*+2/p-6. The van der Waals surface area contributed by atoms with E-state index >= 15 is 0 Å². The van der Waals surface area contributed by atoms with Gasteiger partial charge in [-0.25, -0.2) is 0 Å². The molecule has 0 atom stereocenters. The van der Waals surface area contributed by atoms with Crippen LogP contribution in [0.15, 0.2) is 0 Å². The van der Waals surface area contributed by atoms with E-state index in [1.54, 1.807) is 0 Å². The average Bonchev–Trinajstić information content (AvgIpc) is 1.54. The van der Waals surface area contributed by atoms with Gasteiger partial charge in [0.15, 0.2) is 0 Å². The van der Waals surface area contributed by atoms with E-state index in [-0.39, 0.29) is 110 Å². The van der Waals surface area contributed by atoms with Gasteiger partial charge in [-0.15, -0.1) is 0 Å². The van der Waals surface area contributed by atoms with Crippen molar-refractivity contribution >= 4 is 128 Å². The number of carbonyl (C=O) groups is 3. The average molecular weight is 382 g/mol. The van der Waals surface area contributed by atoms with E-state index in [0.717, 1.165) is 0 Å². The van der Waals surface area contributed by atoms with E-state index in [2.05, 4.69) is 0 Å². The Morgan fingerprint density at radius 1 is 0.600 bits per heavy atom. The third-order valence-electron chi connectivity index (χ3n) is 0. The summed E-state index contributed by atoms with van der Waals surface area (Å²) in [5, 5.41) is 50.0. The van der Waals surface area contributed by atoms with Crippen LogP contribution in [0.3, 0.4) is 0 Å². The molecule has 0 fully saturated rings. The Balaban J connectivity index is -0.0000000184. The molecule has 72 valence electrons. The molecule has 0 aromatic rings. The van der Waals surface area contributed by atoms with Gasteiger partial charge in [0.1, 0.15) is 0 Å². The van der Waals surface area contributed by atoms with Crippen LogP contribution in [-0.4, -0.2) is 128 Å². The minimum Gasteiger partial charge on any atom is -0.652 e. The molecular weight excluding hydrogens is 382 g/mol. The fourth-order valence-corrected chi connectivity index (χ4v) is 0. The van der Waals surface area contributed by atoms with Crippen LogP contribution in [0.2, 0.25) is 0 Å². The van der Waals surface area contributed by atoms with Crippen molar-refractivity contribution in [3.8, 4) is 0 Å². The van der Waals surface area contributed by atoms with Crippen molar-refractivity contribution in [1.82, 2.24) is 0 Å². The third kappa shape index (κ3) is 1400. The summed E-state index contributed by atoms with van der Waals surface area (Å²) in [6.45, 7) is 0. The quantitative estimate of drug-likeness (QED) is 0.366. The fourth-order valence-electron chi connectivity index (χ4n) is 0. The Labute approximate surface area is 170 Å². The molecule has 0 aliphatic rings. The Hall–Kier alpha value is 1.41. The molecule has 0 amide bonds. The largest absolute Gasteiger partial charge is 2.00 e. The molecule has 12 heteroatoms. The Kier molecular flexibility index (Phi) is 70.8. The van der Waals surface area contributed by atoms with Crippen LogP contribution >= 0.6 is 0 Å². The second-order valence-electron chi connectivity index (χ2n) is 0.750. The SMILES string of the molecule is O=C([O-])[O-].O=C([O-])[O-].O=C([O-])[O-].[Ba+2].[Ca+2].[Mg+2]. The molecule has 0 unspecified atom stereocenters. The normalized spacial score (nSPS) is 4.80. The van der Waals surface area contributed by atoms with Gasteiger partial charge in [-0.2, -0.15) is 0 Å². The number of hydrogen-bond acceptors (Lipinski definition) is 9. The summed E-state index contributed by atoms with van der Waals surface area (Å²) in [6, 6.07) is 0. The number of carboxylic acid groups (broad SMARTS) is 6. The molecule has 0 radical (unpaired) electrons. The summed E-state index contributed by atoms with van der Waals surface area (Å²) in [5.41, 5.74) is 0.